The Labute approximate surface area is 121 Å². The molecule has 0 saturated heterocycles. The van der Waals surface area contributed by atoms with Gasteiger partial charge in [-0.25, -0.2) is 0 Å². The number of carbonyl (C=O) groups is 1. The molecular weight excluding hydrogens is 280 g/mol. The van der Waals surface area contributed by atoms with E-state index in [4.69, 9.17) is 16.3 Å². The zero-order chi connectivity index (χ0) is 14.5. The lowest BCUT2D eigenvalue weighted by atomic mass is 10.2. The number of carbonyl (C=O) groups excluding carboxylic acids is 1. The van der Waals surface area contributed by atoms with Crippen molar-refractivity contribution >= 4 is 23.2 Å². The highest BCUT2D eigenvalue weighted by atomic mass is 35.5. The van der Waals surface area contributed by atoms with Gasteiger partial charge >= 0.3 is 0 Å². The van der Waals surface area contributed by atoms with Gasteiger partial charge in [0.25, 0.3) is 5.91 Å². The predicted octanol–water partition coefficient (Wildman–Crippen LogP) is 2.14. The van der Waals surface area contributed by atoms with Crippen LogP contribution in [0, 0.1) is 6.92 Å². The highest BCUT2D eigenvalue weighted by molar-refractivity contribution is 6.34. The summed E-state index contributed by atoms with van der Waals surface area (Å²) in [5.41, 5.74) is 1.70. The van der Waals surface area contributed by atoms with E-state index in [9.17, 15) is 4.79 Å². The molecule has 6 nitrogen and oxygen atoms in total. The number of nitrogens with one attached hydrogen (secondary N) is 1. The van der Waals surface area contributed by atoms with Crippen molar-refractivity contribution in [1.29, 1.82) is 0 Å². The van der Waals surface area contributed by atoms with Crippen molar-refractivity contribution in [2.45, 2.75) is 13.5 Å². The number of methoxy groups -OCH3 is 1. The number of nitrogens with zero attached hydrogens (tertiary/aromatic N) is 3. The van der Waals surface area contributed by atoms with Gasteiger partial charge in [0, 0.05) is 25.2 Å². The molecule has 2 aromatic heterocycles. The van der Waals surface area contributed by atoms with E-state index in [1.54, 1.807) is 30.3 Å². The number of aromatic nitrogens is 3. The third-order valence-corrected chi connectivity index (χ3v) is 2.96. The summed E-state index contributed by atoms with van der Waals surface area (Å²) >= 11 is 6.03. The fourth-order valence-corrected chi connectivity index (χ4v) is 1.92. The third kappa shape index (κ3) is 3.55. The van der Waals surface area contributed by atoms with Crippen molar-refractivity contribution in [3.8, 4) is 0 Å². The van der Waals surface area contributed by atoms with E-state index in [0.717, 1.165) is 5.69 Å². The number of ether oxygens (including phenoxy) is 1. The number of amides is 1. The van der Waals surface area contributed by atoms with Gasteiger partial charge in [0.15, 0.2) is 0 Å². The largest absolute Gasteiger partial charge is 0.383 e. The normalized spacial score (nSPS) is 10.6. The van der Waals surface area contributed by atoms with Gasteiger partial charge in [-0.1, -0.05) is 11.6 Å². The number of aryl methyl sites for hydroxylation is 1. The number of pyridine rings is 1. The average Bonchev–Trinajstić information content (AvgIpc) is 2.83. The highest BCUT2D eigenvalue weighted by Crippen LogP contribution is 2.17. The van der Waals surface area contributed by atoms with Crippen LogP contribution in [-0.4, -0.2) is 34.4 Å². The first-order valence-corrected chi connectivity index (χ1v) is 6.43. The zero-order valence-electron chi connectivity index (χ0n) is 11.3. The number of hydrogen-bond acceptors (Lipinski definition) is 4. The van der Waals surface area contributed by atoms with Gasteiger partial charge in [-0.2, -0.15) is 5.10 Å². The second-order valence-corrected chi connectivity index (χ2v) is 4.65. The summed E-state index contributed by atoms with van der Waals surface area (Å²) in [4.78, 5) is 16.1. The van der Waals surface area contributed by atoms with Crippen LogP contribution in [-0.2, 0) is 11.3 Å². The second kappa shape index (κ2) is 6.49. The van der Waals surface area contributed by atoms with Crippen molar-refractivity contribution in [3.63, 3.8) is 0 Å². The quantitative estimate of drug-likeness (QED) is 0.917. The van der Waals surface area contributed by atoms with Gasteiger partial charge in [0.2, 0.25) is 0 Å². The molecule has 106 valence electrons. The summed E-state index contributed by atoms with van der Waals surface area (Å²) in [6, 6.07) is 1.65. The maximum atomic E-state index is 12.1. The van der Waals surface area contributed by atoms with Crippen LogP contribution >= 0.6 is 11.6 Å². The van der Waals surface area contributed by atoms with Crippen LogP contribution in [0.15, 0.2) is 24.7 Å². The van der Waals surface area contributed by atoms with Gasteiger partial charge in [-0.05, 0) is 13.0 Å². The van der Waals surface area contributed by atoms with Crippen LogP contribution in [0.2, 0.25) is 5.02 Å². The molecule has 1 amide bonds. The minimum Gasteiger partial charge on any atom is -0.383 e. The molecule has 2 aromatic rings. The standard InChI is InChI=1S/C13H15ClN4O2/c1-9-5-12(14)11(7-15-9)13(19)17-10-6-16-18(8-10)3-4-20-2/h5-8H,3-4H2,1-2H3,(H,17,19). The summed E-state index contributed by atoms with van der Waals surface area (Å²) in [5, 5.41) is 7.21. The van der Waals surface area contributed by atoms with Crippen molar-refractivity contribution in [3.05, 3.63) is 40.9 Å². The first-order chi connectivity index (χ1) is 9.60. The maximum absolute atomic E-state index is 12.1. The van der Waals surface area contributed by atoms with Gasteiger partial charge in [0.05, 0.1) is 35.6 Å². The predicted molar refractivity (Wildman–Crippen MR) is 76.0 cm³/mol. The SMILES string of the molecule is COCCn1cc(NC(=O)c2cnc(C)cc2Cl)cn1. The van der Waals surface area contributed by atoms with E-state index in [-0.39, 0.29) is 5.91 Å². The molecule has 0 fully saturated rings. The molecule has 0 saturated carbocycles. The molecule has 7 heteroatoms. The third-order valence-electron chi connectivity index (χ3n) is 2.65. The Morgan fingerprint density at radius 2 is 2.30 bits per heavy atom. The molecular formula is C13H15ClN4O2. The molecule has 0 aliphatic rings. The van der Waals surface area contributed by atoms with Gasteiger partial charge in [-0.15, -0.1) is 0 Å². The highest BCUT2D eigenvalue weighted by Gasteiger charge is 2.12. The first-order valence-electron chi connectivity index (χ1n) is 6.05. The van der Waals surface area contributed by atoms with E-state index < -0.39 is 0 Å². The smallest absolute Gasteiger partial charge is 0.258 e. The maximum Gasteiger partial charge on any atom is 0.258 e. The average molecular weight is 295 g/mol. The number of halogens is 1. The number of rotatable bonds is 5. The molecule has 0 unspecified atom stereocenters. The molecule has 0 atom stereocenters. The zero-order valence-corrected chi connectivity index (χ0v) is 12.0. The first kappa shape index (κ1) is 14.5. The molecule has 0 aromatic carbocycles. The van der Waals surface area contributed by atoms with E-state index >= 15 is 0 Å². The van der Waals surface area contributed by atoms with Crippen molar-refractivity contribution < 1.29 is 9.53 Å². The summed E-state index contributed by atoms with van der Waals surface area (Å²) < 4.78 is 6.65. The molecule has 0 spiro atoms. The molecule has 1 N–H and O–H groups in total. The summed E-state index contributed by atoms with van der Waals surface area (Å²) in [6.07, 6.45) is 4.76. The second-order valence-electron chi connectivity index (χ2n) is 4.24. The van der Waals surface area contributed by atoms with E-state index in [1.807, 2.05) is 6.92 Å². The monoisotopic (exact) mass is 294 g/mol. The topological polar surface area (TPSA) is 69.0 Å². The molecule has 2 heterocycles. The summed E-state index contributed by atoms with van der Waals surface area (Å²) in [5.74, 6) is -0.311. The van der Waals surface area contributed by atoms with E-state index in [2.05, 4.69) is 15.4 Å². The van der Waals surface area contributed by atoms with Crippen LogP contribution in [0.4, 0.5) is 5.69 Å². The fourth-order valence-electron chi connectivity index (χ4n) is 1.63. The van der Waals surface area contributed by atoms with E-state index in [1.165, 1.54) is 6.20 Å². The summed E-state index contributed by atoms with van der Waals surface area (Å²) in [6.45, 7) is 3.00. The lowest BCUT2D eigenvalue weighted by Crippen LogP contribution is -2.12. The van der Waals surface area contributed by atoms with Crippen LogP contribution in [0.25, 0.3) is 0 Å². The Hall–Kier alpha value is -1.92. The Morgan fingerprint density at radius 1 is 1.50 bits per heavy atom. The lowest BCUT2D eigenvalue weighted by molar-refractivity contribution is 0.102. The van der Waals surface area contributed by atoms with Crippen LogP contribution in [0.1, 0.15) is 16.1 Å². The van der Waals surface area contributed by atoms with Gasteiger partial charge in [-0.3, -0.25) is 14.5 Å². The molecule has 0 aliphatic carbocycles. The van der Waals surface area contributed by atoms with Crippen molar-refractivity contribution in [2.24, 2.45) is 0 Å². The Balaban J connectivity index is 2.05. The van der Waals surface area contributed by atoms with Crippen molar-refractivity contribution in [1.82, 2.24) is 14.8 Å². The molecule has 2 rings (SSSR count). The summed E-state index contributed by atoms with van der Waals surface area (Å²) in [7, 11) is 1.62. The van der Waals surface area contributed by atoms with Gasteiger partial charge in [0.1, 0.15) is 0 Å². The molecule has 0 aliphatic heterocycles. The molecule has 0 radical (unpaired) electrons. The Kier molecular flexibility index (Phi) is 4.70. The minimum absolute atomic E-state index is 0.311. The van der Waals surface area contributed by atoms with Gasteiger partial charge < -0.3 is 10.1 Å². The minimum atomic E-state index is -0.311. The molecule has 0 bridgehead atoms. The van der Waals surface area contributed by atoms with Crippen LogP contribution in [0.5, 0.6) is 0 Å². The Bertz CT molecular complexity index is 612. The van der Waals surface area contributed by atoms with Crippen LogP contribution < -0.4 is 5.32 Å². The number of anilines is 1. The van der Waals surface area contributed by atoms with E-state index in [0.29, 0.717) is 29.4 Å². The lowest BCUT2D eigenvalue weighted by Gasteiger charge is -2.04. The fraction of sp³-hybridized carbons (Fsp3) is 0.308. The van der Waals surface area contributed by atoms with Crippen molar-refractivity contribution in [2.75, 3.05) is 19.0 Å². The number of hydrogen-bond donors (Lipinski definition) is 1. The molecule has 20 heavy (non-hydrogen) atoms. The van der Waals surface area contributed by atoms with Crippen LogP contribution in [0.3, 0.4) is 0 Å². The Morgan fingerprint density at radius 3 is 3.00 bits per heavy atom.